The maximum absolute atomic E-state index is 14.8. The topological polar surface area (TPSA) is 0 Å². The molecule has 0 aliphatic heterocycles. The maximum atomic E-state index is 14.8. The molecule has 0 saturated heterocycles. The van der Waals surface area contributed by atoms with Gasteiger partial charge in [0.2, 0.25) is 0 Å². The summed E-state index contributed by atoms with van der Waals surface area (Å²) in [6.07, 6.45) is 7.28. The van der Waals surface area contributed by atoms with Crippen molar-refractivity contribution in [3.05, 3.63) is 83.4 Å². The van der Waals surface area contributed by atoms with E-state index in [2.05, 4.69) is 6.92 Å². The van der Waals surface area contributed by atoms with Crippen LogP contribution in [0.3, 0.4) is 0 Å². The highest BCUT2D eigenvalue weighted by molar-refractivity contribution is 5.72. The zero-order valence-electron chi connectivity index (χ0n) is 16.8. The first-order valence-corrected chi connectivity index (χ1v) is 10.2. The summed E-state index contributed by atoms with van der Waals surface area (Å²) >= 11 is 0. The number of hydrogen-bond donors (Lipinski definition) is 0. The second-order valence-electron chi connectivity index (χ2n) is 7.52. The summed E-state index contributed by atoms with van der Waals surface area (Å²) in [7, 11) is 0. The van der Waals surface area contributed by atoms with Crippen LogP contribution in [0, 0.1) is 18.6 Å². The Balaban J connectivity index is 1.75. The minimum atomic E-state index is -0.790. The molecule has 0 saturated carbocycles. The Kier molecular flexibility index (Phi) is 6.97. The molecule has 0 fully saturated rings. The normalized spacial score (nSPS) is 11.0. The second kappa shape index (κ2) is 9.64. The van der Waals surface area contributed by atoms with Crippen LogP contribution >= 0.6 is 0 Å². The number of halogens is 2. The standard InChI is InChI=1S/C26H28F2/c1-3-4-5-6-7-8-20-11-15-22(16-12-20)24-18-17-23(25(27)26(24)28)21-13-9-19(2)10-14-21/h9-18H,3-8H2,1-2H3. The molecule has 0 radical (unpaired) electrons. The quantitative estimate of drug-likeness (QED) is 0.347. The van der Waals surface area contributed by atoms with Crippen LogP contribution in [0.15, 0.2) is 60.7 Å². The van der Waals surface area contributed by atoms with Crippen molar-refractivity contribution >= 4 is 0 Å². The molecule has 0 N–H and O–H groups in total. The first-order chi connectivity index (χ1) is 13.6. The third-order valence-electron chi connectivity index (χ3n) is 5.28. The lowest BCUT2D eigenvalue weighted by Gasteiger charge is -2.10. The molecule has 0 aromatic heterocycles. The summed E-state index contributed by atoms with van der Waals surface area (Å²) in [5.41, 5.74) is 4.34. The molecule has 2 heteroatoms. The van der Waals surface area contributed by atoms with Crippen molar-refractivity contribution in [1.82, 2.24) is 0 Å². The van der Waals surface area contributed by atoms with Gasteiger partial charge in [-0.1, -0.05) is 98.8 Å². The minimum absolute atomic E-state index is 0.296. The van der Waals surface area contributed by atoms with Crippen LogP contribution in [-0.4, -0.2) is 0 Å². The molecule has 3 aromatic rings. The molecular formula is C26H28F2. The fourth-order valence-electron chi connectivity index (χ4n) is 3.51. The summed E-state index contributed by atoms with van der Waals surface area (Å²) in [5, 5.41) is 0. The van der Waals surface area contributed by atoms with Gasteiger partial charge in [-0.15, -0.1) is 0 Å². The summed E-state index contributed by atoms with van der Waals surface area (Å²) in [6.45, 7) is 4.19. The van der Waals surface area contributed by atoms with E-state index in [1.54, 1.807) is 12.1 Å². The van der Waals surface area contributed by atoms with Crippen molar-refractivity contribution in [2.75, 3.05) is 0 Å². The fraction of sp³-hybridized carbons (Fsp3) is 0.308. The van der Waals surface area contributed by atoms with Gasteiger partial charge in [-0.3, -0.25) is 0 Å². The predicted molar refractivity (Wildman–Crippen MR) is 114 cm³/mol. The van der Waals surface area contributed by atoms with Gasteiger partial charge in [0.25, 0.3) is 0 Å². The Hall–Kier alpha value is -2.48. The van der Waals surface area contributed by atoms with E-state index in [1.807, 2.05) is 55.5 Å². The molecule has 146 valence electrons. The van der Waals surface area contributed by atoms with Crippen LogP contribution in [-0.2, 0) is 6.42 Å². The lowest BCUT2D eigenvalue weighted by molar-refractivity contribution is 0.514. The number of rotatable bonds is 8. The van der Waals surface area contributed by atoms with E-state index in [0.717, 1.165) is 12.0 Å². The van der Waals surface area contributed by atoms with Gasteiger partial charge in [0, 0.05) is 11.1 Å². The fourth-order valence-corrected chi connectivity index (χ4v) is 3.51. The third-order valence-corrected chi connectivity index (χ3v) is 5.28. The zero-order chi connectivity index (χ0) is 19.9. The van der Waals surface area contributed by atoms with E-state index in [9.17, 15) is 8.78 Å². The lowest BCUT2D eigenvalue weighted by Crippen LogP contribution is -1.94. The van der Waals surface area contributed by atoms with Gasteiger partial charge < -0.3 is 0 Å². The monoisotopic (exact) mass is 378 g/mol. The van der Waals surface area contributed by atoms with E-state index < -0.39 is 11.6 Å². The Labute approximate surface area is 167 Å². The molecule has 0 unspecified atom stereocenters. The number of hydrogen-bond acceptors (Lipinski definition) is 0. The first-order valence-electron chi connectivity index (χ1n) is 10.2. The molecule has 0 aliphatic carbocycles. The highest BCUT2D eigenvalue weighted by Crippen LogP contribution is 2.31. The molecule has 0 heterocycles. The number of benzene rings is 3. The molecule has 3 aromatic carbocycles. The molecule has 0 atom stereocenters. The molecule has 0 amide bonds. The second-order valence-corrected chi connectivity index (χ2v) is 7.52. The van der Waals surface area contributed by atoms with E-state index in [-0.39, 0.29) is 0 Å². The van der Waals surface area contributed by atoms with Crippen molar-refractivity contribution in [2.24, 2.45) is 0 Å². The molecule has 0 nitrogen and oxygen atoms in total. The number of aryl methyl sites for hydroxylation is 2. The first kappa shape index (κ1) is 20.3. The predicted octanol–water partition coefficient (Wildman–Crippen LogP) is 8.12. The Morgan fingerprint density at radius 1 is 0.607 bits per heavy atom. The minimum Gasteiger partial charge on any atom is -0.203 e. The van der Waals surface area contributed by atoms with Gasteiger partial charge in [0.05, 0.1) is 0 Å². The highest BCUT2D eigenvalue weighted by atomic mass is 19.2. The van der Waals surface area contributed by atoms with E-state index in [4.69, 9.17) is 0 Å². The van der Waals surface area contributed by atoms with Crippen LogP contribution in [0.2, 0.25) is 0 Å². The van der Waals surface area contributed by atoms with Gasteiger partial charge in [-0.25, -0.2) is 8.78 Å². The molecular weight excluding hydrogens is 350 g/mol. The van der Waals surface area contributed by atoms with Crippen LogP contribution in [0.5, 0.6) is 0 Å². The number of unbranched alkanes of at least 4 members (excludes halogenated alkanes) is 4. The van der Waals surface area contributed by atoms with Gasteiger partial charge in [-0.05, 0) is 36.5 Å². The Morgan fingerprint density at radius 3 is 1.64 bits per heavy atom. The van der Waals surface area contributed by atoms with Crippen LogP contribution in [0.25, 0.3) is 22.3 Å². The molecule has 0 spiro atoms. The van der Waals surface area contributed by atoms with Crippen LogP contribution in [0.1, 0.15) is 50.2 Å². The van der Waals surface area contributed by atoms with Gasteiger partial charge in [0.1, 0.15) is 0 Å². The van der Waals surface area contributed by atoms with Gasteiger partial charge in [-0.2, -0.15) is 0 Å². The molecule has 0 bridgehead atoms. The lowest BCUT2D eigenvalue weighted by atomic mass is 9.97. The smallest absolute Gasteiger partial charge is 0.167 e. The zero-order valence-corrected chi connectivity index (χ0v) is 16.8. The summed E-state index contributed by atoms with van der Waals surface area (Å²) in [6, 6.07) is 18.6. The van der Waals surface area contributed by atoms with E-state index in [1.165, 1.54) is 37.7 Å². The molecule has 0 aliphatic rings. The SMILES string of the molecule is CCCCCCCc1ccc(-c2ccc(-c3ccc(C)cc3)c(F)c2F)cc1. The van der Waals surface area contributed by atoms with E-state index in [0.29, 0.717) is 22.3 Å². The van der Waals surface area contributed by atoms with Crippen molar-refractivity contribution in [1.29, 1.82) is 0 Å². The Bertz CT molecular complexity index is 893. The summed E-state index contributed by atoms with van der Waals surface area (Å²) in [4.78, 5) is 0. The maximum Gasteiger partial charge on any atom is 0.167 e. The average Bonchev–Trinajstić information content (AvgIpc) is 2.71. The van der Waals surface area contributed by atoms with Crippen molar-refractivity contribution in [3.8, 4) is 22.3 Å². The third kappa shape index (κ3) is 4.86. The van der Waals surface area contributed by atoms with Crippen molar-refractivity contribution in [3.63, 3.8) is 0 Å². The average molecular weight is 379 g/mol. The van der Waals surface area contributed by atoms with Gasteiger partial charge in [0.15, 0.2) is 11.6 Å². The summed E-state index contributed by atoms with van der Waals surface area (Å²) < 4.78 is 29.5. The summed E-state index contributed by atoms with van der Waals surface area (Å²) in [5.74, 6) is -1.58. The largest absolute Gasteiger partial charge is 0.203 e. The van der Waals surface area contributed by atoms with Gasteiger partial charge >= 0.3 is 0 Å². The van der Waals surface area contributed by atoms with E-state index >= 15 is 0 Å². The Morgan fingerprint density at radius 2 is 1.11 bits per heavy atom. The highest BCUT2D eigenvalue weighted by Gasteiger charge is 2.15. The van der Waals surface area contributed by atoms with Crippen molar-refractivity contribution < 1.29 is 8.78 Å². The molecule has 3 rings (SSSR count). The molecule has 28 heavy (non-hydrogen) atoms. The van der Waals surface area contributed by atoms with Crippen LogP contribution in [0.4, 0.5) is 8.78 Å². The van der Waals surface area contributed by atoms with Crippen LogP contribution < -0.4 is 0 Å². The van der Waals surface area contributed by atoms with Crippen molar-refractivity contribution in [2.45, 2.75) is 52.4 Å².